The second-order valence-electron chi connectivity index (χ2n) is 8.04. The molecule has 2 aliphatic rings. The summed E-state index contributed by atoms with van der Waals surface area (Å²) < 4.78 is 47.0. The van der Waals surface area contributed by atoms with E-state index in [0.29, 0.717) is 29.9 Å². The molecule has 2 aliphatic heterocycles. The minimum absolute atomic E-state index is 0.115. The van der Waals surface area contributed by atoms with Crippen LogP contribution in [0.3, 0.4) is 0 Å². The Morgan fingerprint density at radius 3 is 2.40 bits per heavy atom. The topological polar surface area (TPSA) is 76.1 Å². The molecule has 0 aliphatic carbocycles. The van der Waals surface area contributed by atoms with E-state index < -0.39 is 29.8 Å². The van der Waals surface area contributed by atoms with Gasteiger partial charge in [-0.2, -0.15) is 0 Å². The molecule has 1 fully saturated rings. The average molecular weight is 481 g/mol. The van der Waals surface area contributed by atoms with E-state index in [2.05, 4.69) is 4.74 Å². The van der Waals surface area contributed by atoms with Crippen LogP contribution in [0.2, 0.25) is 0 Å². The number of benzene rings is 3. The summed E-state index contributed by atoms with van der Waals surface area (Å²) in [5.41, 5.74) is 1.85. The number of carbonyl (C=O) groups excluding carboxylic acids is 2. The van der Waals surface area contributed by atoms with Gasteiger partial charge in [-0.05, 0) is 53.6 Å². The van der Waals surface area contributed by atoms with Gasteiger partial charge in [0.2, 0.25) is 0 Å². The third-order valence-electron chi connectivity index (χ3n) is 5.87. The van der Waals surface area contributed by atoms with Crippen molar-refractivity contribution in [3.05, 3.63) is 95.1 Å². The summed E-state index contributed by atoms with van der Waals surface area (Å²) in [4.78, 5) is 27.5. The van der Waals surface area contributed by atoms with Crippen LogP contribution in [-0.2, 0) is 16.0 Å². The van der Waals surface area contributed by atoms with Gasteiger partial charge in [0, 0.05) is 17.7 Å². The minimum Gasteiger partial charge on any atom is -0.507 e. The average Bonchev–Trinajstić information content (AvgIpc) is 3.41. The predicted octanol–water partition coefficient (Wildman–Crippen LogP) is 5.15. The normalized spacial score (nSPS) is 18.9. The molecule has 35 heavy (non-hydrogen) atoms. The van der Waals surface area contributed by atoms with Crippen LogP contribution in [0.25, 0.3) is 5.76 Å². The zero-order valence-corrected chi connectivity index (χ0v) is 18.1. The molecule has 0 aromatic heterocycles. The van der Waals surface area contributed by atoms with Crippen LogP contribution in [0.1, 0.15) is 22.7 Å². The molecule has 1 unspecified atom stereocenters. The van der Waals surface area contributed by atoms with Gasteiger partial charge in [-0.1, -0.05) is 30.3 Å². The first kappa shape index (κ1) is 22.5. The van der Waals surface area contributed by atoms with Gasteiger partial charge in [0.1, 0.15) is 17.3 Å². The first-order chi connectivity index (χ1) is 16.7. The molecule has 3 aromatic carbocycles. The van der Waals surface area contributed by atoms with Gasteiger partial charge in [-0.25, -0.2) is 0 Å². The molecule has 178 valence electrons. The molecule has 1 N–H and O–H groups in total. The molecule has 0 bridgehead atoms. The number of nitrogens with zero attached hydrogens (tertiary/aromatic N) is 1. The van der Waals surface area contributed by atoms with Gasteiger partial charge in [-0.3, -0.25) is 14.5 Å². The summed E-state index contributed by atoms with van der Waals surface area (Å²) in [7, 11) is 0. The van der Waals surface area contributed by atoms with Gasteiger partial charge >= 0.3 is 6.36 Å². The van der Waals surface area contributed by atoms with Crippen molar-refractivity contribution in [2.24, 2.45) is 0 Å². The van der Waals surface area contributed by atoms with E-state index >= 15 is 0 Å². The predicted molar refractivity (Wildman–Crippen MR) is 120 cm³/mol. The highest BCUT2D eigenvalue weighted by Gasteiger charge is 2.47. The molecule has 1 amide bonds. The lowest BCUT2D eigenvalue weighted by molar-refractivity contribution is -0.274. The number of anilines is 1. The zero-order valence-electron chi connectivity index (χ0n) is 18.1. The Labute approximate surface area is 197 Å². The Morgan fingerprint density at radius 2 is 1.71 bits per heavy atom. The fourth-order valence-electron chi connectivity index (χ4n) is 4.35. The highest BCUT2D eigenvalue weighted by molar-refractivity contribution is 6.51. The summed E-state index contributed by atoms with van der Waals surface area (Å²) in [6.07, 6.45) is -4.21. The third kappa shape index (κ3) is 4.21. The van der Waals surface area contributed by atoms with E-state index in [1.165, 1.54) is 12.1 Å². The number of halogens is 3. The van der Waals surface area contributed by atoms with Crippen LogP contribution in [0.4, 0.5) is 18.9 Å². The lowest BCUT2D eigenvalue weighted by atomic mass is 9.94. The smallest absolute Gasteiger partial charge is 0.507 e. The van der Waals surface area contributed by atoms with Crippen LogP contribution >= 0.6 is 0 Å². The number of fused-ring (bicyclic) bond motifs is 1. The third-order valence-corrected chi connectivity index (χ3v) is 5.87. The van der Waals surface area contributed by atoms with Gasteiger partial charge in [0.05, 0.1) is 18.2 Å². The van der Waals surface area contributed by atoms with Crippen LogP contribution in [0, 0.1) is 0 Å². The van der Waals surface area contributed by atoms with Crippen molar-refractivity contribution in [2.75, 3.05) is 11.5 Å². The Kier molecular flexibility index (Phi) is 5.47. The summed E-state index contributed by atoms with van der Waals surface area (Å²) in [5, 5.41) is 11.2. The van der Waals surface area contributed by atoms with E-state index in [4.69, 9.17) is 4.74 Å². The second kappa shape index (κ2) is 8.50. The number of alkyl halides is 3. The summed E-state index contributed by atoms with van der Waals surface area (Å²) >= 11 is 0. The number of hydrogen-bond acceptors (Lipinski definition) is 5. The van der Waals surface area contributed by atoms with Crippen molar-refractivity contribution < 1.29 is 37.3 Å². The highest BCUT2D eigenvalue weighted by atomic mass is 19.4. The molecule has 0 spiro atoms. The monoisotopic (exact) mass is 481 g/mol. The zero-order chi connectivity index (χ0) is 24.7. The maximum Gasteiger partial charge on any atom is 0.573 e. The van der Waals surface area contributed by atoms with Gasteiger partial charge < -0.3 is 14.6 Å². The molecule has 3 aromatic rings. The molecule has 1 saturated heterocycles. The summed E-state index contributed by atoms with van der Waals surface area (Å²) in [6, 6.07) is 17.3. The molecular weight excluding hydrogens is 463 g/mol. The largest absolute Gasteiger partial charge is 0.573 e. The molecule has 5 rings (SSSR count). The number of aliphatic hydroxyl groups is 1. The molecule has 0 saturated carbocycles. The van der Waals surface area contributed by atoms with Gasteiger partial charge in [0.15, 0.2) is 0 Å². The fraction of sp³-hybridized carbons (Fsp3) is 0.154. The number of ketones is 1. The number of Topliss-reactive ketones (excluding diaryl/α,β-unsaturated/α-hetero) is 1. The molecule has 2 heterocycles. The molecule has 6 nitrogen and oxygen atoms in total. The van der Waals surface area contributed by atoms with Crippen LogP contribution < -0.4 is 14.4 Å². The number of rotatable bonds is 4. The lowest BCUT2D eigenvalue weighted by Crippen LogP contribution is -2.29. The number of hydrogen-bond donors (Lipinski definition) is 1. The SMILES string of the molecule is O=C1C(=O)N(c2ccc(OC(F)(F)F)cc2)C(c2ccccc2)/C1=C(/O)c1ccc2c(c1)CCO2. The number of amides is 1. The Hall–Kier alpha value is -4.27. The molecule has 9 heteroatoms. The highest BCUT2D eigenvalue weighted by Crippen LogP contribution is 2.43. The quantitative estimate of drug-likeness (QED) is 0.317. The standard InChI is InChI=1S/C26H18F3NO5/c27-26(28,29)35-19-9-7-18(8-10-19)30-22(15-4-2-1-3-5-15)21(24(32)25(30)33)23(31)17-6-11-20-16(14-17)12-13-34-20/h1-11,14,22,31H,12-13H2/b23-21-. The lowest BCUT2D eigenvalue weighted by Gasteiger charge is -2.25. The molecular formula is C26H18F3NO5. The Morgan fingerprint density at radius 1 is 1.00 bits per heavy atom. The van der Waals surface area contributed by atoms with E-state index in [-0.39, 0.29) is 17.0 Å². The van der Waals surface area contributed by atoms with Gasteiger partial charge in [0.25, 0.3) is 11.7 Å². The first-order valence-electron chi connectivity index (χ1n) is 10.7. The van der Waals surface area contributed by atoms with Crippen molar-refractivity contribution >= 4 is 23.1 Å². The first-order valence-corrected chi connectivity index (χ1v) is 10.7. The Bertz CT molecular complexity index is 1330. The van der Waals surface area contributed by atoms with Crippen molar-refractivity contribution in [2.45, 2.75) is 18.8 Å². The van der Waals surface area contributed by atoms with E-state index in [0.717, 1.165) is 22.6 Å². The number of carbonyl (C=O) groups is 2. The van der Waals surface area contributed by atoms with Crippen molar-refractivity contribution in [3.63, 3.8) is 0 Å². The molecule has 1 atom stereocenters. The Balaban J connectivity index is 1.61. The summed E-state index contributed by atoms with van der Waals surface area (Å²) in [5.74, 6) is -1.92. The van der Waals surface area contributed by atoms with Crippen molar-refractivity contribution in [3.8, 4) is 11.5 Å². The second-order valence-corrected chi connectivity index (χ2v) is 8.04. The maximum atomic E-state index is 13.2. The van der Waals surface area contributed by atoms with E-state index in [9.17, 15) is 27.9 Å². The van der Waals surface area contributed by atoms with Gasteiger partial charge in [-0.15, -0.1) is 13.2 Å². The number of aliphatic hydroxyl groups excluding tert-OH is 1. The molecule has 0 radical (unpaired) electrons. The fourth-order valence-corrected chi connectivity index (χ4v) is 4.35. The van der Waals surface area contributed by atoms with E-state index in [1.54, 1.807) is 48.5 Å². The van der Waals surface area contributed by atoms with Crippen LogP contribution in [0.5, 0.6) is 11.5 Å². The van der Waals surface area contributed by atoms with Crippen molar-refractivity contribution in [1.82, 2.24) is 0 Å². The van der Waals surface area contributed by atoms with Crippen molar-refractivity contribution in [1.29, 1.82) is 0 Å². The maximum absolute atomic E-state index is 13.2. The minimum atomic E-state index is -4.86. The van der Waals surface area contributed by atoms with E-state index in [1.807, 2.05) is 0 Å². The van der Waals surface area contributed by atoms with Crippen LogP contribution in [-0.4, -0.2) is 29.8 Å². The number of ether oxygens (including phenoxy) is 2. The van der Waals surface area contributed by atoms with Crippen LogP contribution in [0.15, 0.2) is 78.4 Å². The summed E-state index contributed by atoms with van der Waals surface area (Å²) in [6.45, 7) is 0.516.